The summed E-state index contributed by atoms with van der Waals surface area (Å²) in [5.41, 5.74) is 1.80. The third-order valence-corrected chi connectivity index (χ3v) is 5.52. The van der Waals surface area contributed by atoms with E-state index in [9.17, 15) is 0 Å². The van der Waals surface area contributed by atoms with E-state index in [1.807, 2.05) is 11.8 Å². The molecule has 1 heterocycles. The normalized spacial score (nSPS) is 16.6. The summed E-state index contributed by atoms with van der Waals surface area (Å²) in [6.45, 7) is 2.20. The fraction of sp³-hybridized carbons (Fsp3) is 0.294. The van der Waals surface area contributed by atoms with Gasteiger partial charge in [0, 0.05) is 27.9 Å². The van der Waals surface area contributed by atoms with Crippen molar-refractivity contribution in [1.82, 2.24) is 5.32 Å². The summed E-state index contributed by atoms with van der Waals surface area (Å²) in [4.78, 5) is 1.37. The SMILES string of the molecule is Brc1ccc(C2(CCSc3ccccc3)CNC2)cc1. The van der Waals surface area contributed by atoms with Crippen molar-refractivity contribution in [2.24, 2.45) is 0 Å². The molecule has 1 aliphatic heterocycles. The Kier molecular flexibility index (Phi) is 4.49. The van der Waals surface area contributed by atoms with Crippen molar-refractivity contribution in [3.05, 3.63) is 64.6 Å². The first-order chi connectivity index (χ1) is 9.78. The molecule has 0 bridgehead atoms. The lowest BCUT2D eigenvalue weighted by Crippen LogP contribution is -2.57. The molecule has 1 N–H and O–H groups in total. The Balaban J connectivity index is 1.63. The van der Waals surface area contributed by atoms with Gasteiger partial charge >= 0.3 is 0 Å². The van der Waals surface area contributed by atoms with Crippen LogP contribution < -0.4 is 5.32 Å². The van der Waals surface area contributed by atoms with Crippen molar-refractivity contribution in [2.75, 3.05) is 18.8 Å². The first-order valence-corrected chi connectivity index (χ1v) is 8.71. The van der Waals surface area contributed by atoms with Crippen molar-refractivity contribution in [3.8, 4) is 0 Å². The molecule has 0 aromatic heterocycles. The van der Waals surface area contributed by atoms with Crippen LogP contribution in [0.15, 0.2) is 64.0 Å². The summed E-state index contributed by atoms with van der Waals surface area (Å²) in [5, 5.41) is 3.44. The molecule has 3 rings (SSSR count). The molecule has 2 aromatic rings. The van der Waals surface area contributed by atoms with Gasteiger partial charge < -0.3 is 5.32 Å². The lowest BCUT2D eigenvalue weighted by atomic mass is 9.73. The standard InChI is InChI=1S/C17H18BrNS/c18-15-8-6-14(7-9-15)17(12-19-13-17)10-11-20-16-4-2-1-3-5-16/h1-9,19H,10-13H2. The van der Waals surface area contributed by atoms with E-state index in [1.54, 1.807) is 0 Å². The first kappa shape index (κ1) is 14.2. The van der Waals surface area contributed by atoms with Crippen LogP contribution in [0.3, 0.4) is 0 Å². The second-order valence-corrected chi connectivity index (χ2v) is 7.39. The second-order valence-electron chi connectivity index (χ2n) is 5.30. The molecular weight excluding hydrogens is 330 g/mol. The molecule has 1 fully saturated rings. The first-order valence-electron chi connectivity index (χ1n) is 6.93. The van der Waals surface area contributed by atoms with Crippen LogP contribution in [-0.2, 0) is 5.41 Å². The molecule has 0 atom stereocenters. The van der Waals surface area contributed by atoms with E-state index < -0.39 is 0 Å². The van der Waals surface area contributed by atoms with Gasteiger partial charge in [0.25, 0.3) is 0 Å². The lowest BCUT2D eigenvalue weighted by Gasteiger charge is -2.43. The smallest absolute Gasteiger partial charge is 0.0210 e. The maximum Gasteiger partial charge on any atom is 0.0210 e. The fourth-order valence-electron chi connectivity index (χ4n) is 2.64. The molecule has 0 amide bonds. The molecule has 0 radical (unpaired) electrons. The van der Waals surface area contributed by atoms with Gasteiger partial charge in [-0.05, 0) is 42.0 Å². The van der Waals surface area contributed by atoms with Gasteiger partial charge in [0.2, 0.25) is 0 Å². The lowest BCUT2D eigenvalue weighted by molar-refractivity contribution is 0.269. The highest BCUT2D eigenvalue weighted by molar-refractivity contribution is 9.10. The van der Waals surface area contributed by atoms with Crippen LogP contribution in [0.4, 0.5) is 0 Å². The number of nitrogens with one attached hydrogen (secondary N) is 1. The average Bonchev–Trinajstić information content (AvgIpc) is 2.44. The molecule has 1 saturated heterocycles. The molecule has 1 nitrogen and oxygen atoms in total. The molecule has 104 valence electrons. The molecular formula is C17H18BrNS. The molecule has 2 aromatic carbocycles. The van der Waals surface area contributed by atoms with Gasteiger partial charge in [-0.3, -0.25) is 0 Å². The van der Waals surface area contributed by atoms with E-state index in [0.29, 0.717) is 5.41 Å². The monoisotopic (exact) mass is 347 g/mol. The third kappa shape index (κ3) is 3.11. The van der Waals surface area contributed by atoms with Crippen molar-refractivity contribution in [1.29, 1.82) is 0 Å². The van der Waals surface area contributed by atoms with Crippen molar-refractivity contribution in [3.63, 3.8) is 0 Å². The van der Waals surface area contributed by atoms with Gasteiger partial charge in [-0.2, -0.15) is 0 Å². The minimum atomic E-state index is 0.336. The number of halogens is 1. The van der Waals surface area contributed by atoms with Gasteiger partial charge in [-0.1, -0.05) is 46.3 Å². The largest absolute Gasteiger partial charge is 0.315 e. The number of benzene rings is 2. The summed E-state index contributed by atoms with van der Waals surface area (Å²) in [7, 11) is 0. The van der Waals surface area contributed by atoms with Crippen LogP contribution in [0.1, 0.15) is 12.0 Å². The van der Waals surface area contributed by atoms with Crippen molar-refractivity contribution >= 4 is 27.7 Å². The molecule has 0 saturated carbocycles. The quantitative estimate of drug-likeness (QED) is 0.800. The van der Waals surface area contributed by atoms with E-state index in [4.69, 9.17) is 0 Å². The Labute approximate surface area is 133 Å². The van der Waals surface area contributed by atoms with Gasteiger partial charge in [-0.15, -0.1) is 11.8 Å². The van der Waals surface area contributed by atoms with Crippen molar-refractivity contribution < 1.29 is 0 Å². The van der Waals surface area contributed by atoms with Crippen LogP contribution in [0, 0.1) is 0 Å². The predicted molar refractivity (Wildman–Crippen MR) is 90.5 cm³/mol. The predicted octanol–water partition coefficient (Wildman–Crippen LogP) is 4.47. The molecule has 1 aliphatic rings. The number of hydrogen-bond donors (Lipinski definition) is 1. The van der Waals surface area contributed by atoms with Crippen LogP contribution in [0.2, 0.25) is 0 Å². The summed E-state index contributed by atoms with van der Waals surface area (Å²) in [6, 6.07) is 19.5. The molecule has 0 aliphatic carbocycles. The zero-order valence-corrected chi connectivity index (χ0v) is 13.7. The van der Waals surface area contributed by atoms with Crippen molar-refractivity contribution in [2.45, 2.75) is 16.7 Å². The summed E-state index contributed by atoms with van der Waals surface area (Å²) >= 11 is 5.47. The Morgan fingerprint density at radius 1 is 1.00 bits per heavy atom. The molecule has 0 unspecified atom stereocenters. The number of rotatable bonds is 5. The van der Waals surface area contributed by atoms with Crippen LogP contribution in [-0.4, -0.2) is 18.8 Å². The highest BCUT2D eigenvalue weighted by Gasteiger charge is 2.37. The Hall–Kier alpha value is -0.770. The van der Waals surface area contributed by atoms with Gasteiger partial charge in [0.1, 0.15) is 0 Å². The molecule has 3 heteroatoms. The molecule has 20 heavy (non-hydrogen) atoms. The highest BCUT2D eigenvalue weighted by atomic mass is 79.9. The van der Waals surface area contributed by atoms with E-state index in [0.717, 1.165) is 17.6 Å². The van der Waals surface area contributed by atoms with Crippen LogP contribution >= 0.6 is 27.7 Å². The van der Waals surface area contributed by atoms with E-state index in [-0.39, 0.29) is 0 Å². The minimum absolute atomic E-state index is 0.336. The summed E-state index contributed by atoms with van der Waals surface area (Å²) in [5.74, 6) is 1.17. The average molecular weight is 348 g/mol. The van der Waals surface area contributed by atoms with E-state index >= 15 is 0 Å². The summed E-state index contributed by atoms with van der Waals surface area (Å²) in [6.07, 6.45) is 1.22. The minimum Gasteiger partial charge on any atom is -0.315 e. The summed E-state index contributed by atoms with van der Waals surface area (Å²) < 4.78 is 1.15. The number of thioether (sulfide) groups is 1. The van der Waals surface area contributed by atoms with Gasteiger partial charge in [0.15, 0.2) is 0 Å². The van der Waals surface area contributed by atoms with Crippen LogP contribution in [0.5, 0.6) is 0 Å². The van der Waals surface area contributed by atoms with E-state index in [2.05, 4.69) is 75.8 Å². The zero-order valence-electron chi connectivity index (χ0n) is 11.3. The van der Waals surface area contributed by atoms with Crippen LogP contribution in [0.25, 0.3) is 0 Å². The second kappa shape index (κ2) is 6.33. The zero-order chi connectivity index (χ0) is 13.8. The Morgan fingerprint density at radius 3 is 2.30 bits per heavy atom. The van der Waals surface area contributed by atoms with Gasteiger partial charge in [-0.25, -0.2) is 0 Å². The Bertz CT molecular complexity index is 549. The Morgan fingerprint density at radius 2 is 1.70 bits per heavy atom. The maximum atomic E-state index is 3.52. The molecule has 0 spiro atoms. The van der Waals surface area contributed by atoms with Gasteiger partial charge in [0.05, 0.1) is 0 Å². The highest BCUT2D eigenvalue weighted by Crippen LogP contribution is 2.35. The number of hydrogen-bond acceptors (Lipinski definition) is 2. The van der Waals surface area contributed by atoms with E-state index in [1.165, 1.54) is 22.6 Å². The topological polar surface area (TPSA) is 12.0 Å². The third-order valence-electron chi connectivity index (χ3n) is 3.98. The fourth-order valence-corrected chi connectivity index (χ4v) is 3.98. The maximum absolute atomic E-state index is 3.52.